The predicted octanol–water partition coefficient (Wildman–Crippen LogP) is 3.74. The maximum Gasteiger partial charge on any atom is 0.0130 e. The Bertz CT molecular complexity index is 381. The summed E-state index contributed by atoms with van der Waals surface area (Å²) in [6, 6.07) is 7.76. The van der Waals surface area contributed by atoms with Gasteiger partial charge in [-0.3, -0.25) is 0 Å². The van der Waals surface area contributed by atoms with Crippen LogP contribution in [0.1, 0.15) is 50.3 Å². The first kappa shape index (κ1) is 13.6. The van der Waals surface area contributed by atoms with Crippen LogP contribution >= 0.6 is 0 Å². The van der Waals surface area contributed by atoms with Crippen LogP contribution in [-0.2, 0) is 19.3 Å². The van der Waals surface area contributed by atoms with Crippen molar-refractivity contribution in [3.8, 4) is 0 Å². The van der Waals surface area contributed by atoms with Crippen molar-refractivity contribution in [2.24, 2.45) is 5.92 Å². The maximum absolute atomic E-state index is 3.69. The quantitative estimate of drug-likeness (QED) is 0.805. The molecule has 1 heteroatoms. The minimum atomic E-state index is 0.615. The fourth-order valence-corrected chi connectivity index (χ4v) is 2.88. The van der Waals surface area contributed by atoms with Crippen LogP contribution in [0.2, 0.25) is 0 Å². The number of rotatable bonds is 6. The summed E-state index contributed by atoms with van der Waals surface area (Å²) >= 11 is 0. The zero-order valence-electron chi connectivity index (χ0n) is 12.1. The largest absolute Gasteiger partial charge is 0.313 e. The second-order valence-electron chi connectivity index (χ2n) is 5.97. The van der Waals surface area contributed by atoms with Crippen molar-refractivity contribution in [1.29, 1.82) is 0 Å². The van der Waals surface area contributed by atoms with E-state index < -0.39 is 0 Å². The summed E-state index contributed by atoms with van der Waals surface area (Å²) in [6.45, 7) is 8.01. The lowest BCUT2D eigenvalue weighted by Crippen LogP contribution is -2.36. The highest BCUT2D eigenvalue weighted by Crippen LogP contribution is 2.23. The average molecular weight is 245 g/mol. The van der Waals surface area contributed by atoms with Gasteiger partial charge in [0.1, 0.15) is 0 Å². The summed E-state index contributed by atoms with van der Waals surface area (Å²) in [5, 5.41) is 3.69. The van der Waals surface area contributed by atoms with E-state index in [0.29, 0.717) is 12.0 Å². The third-order valence-electron chi connectivity index (χ3n) is 4.08. The molecule has 1 aliphatic rings. The van der Waals surface area contributed by atoms with Crippen molar-refractivity contribution in [3.05, 3.63) is 34.9 Å². The van der Waals surface area contributed by atoms with Crippen LogP contribution in [0.25, 0.3) is 0 Å². The summed E-state index contributed by atoms with van der Waals surface area (Å²) in [5.74, 6) is 0.699. The molecule has 0 aliphatic heterocycles. The Labute approximate surface area is 112 Å². The monoisotopic (exact) mass is 245 g/mol. The highest BCUT2D eigenvalue weighted by atomic mass is 14.9. The van der Waals surface area contributed by atoms with Gasteiger partial charge in [0.25, 0.3) is 0 Å². The van der Waals surface area contributed by atoms with E-state index in [1.54, 1.807) is 11.1 Å². The molecule has 0 spiro atoms. The lowest BCUT2D eigenvalue weighted by Gasteiger charge is -2.22. The molecule has 100 valence electrons. The summed E-state index contributed by atoms with van der Waals surface area (Å²) in [7, 11) is 0. The van der Waals surface area contributed by atoms with Crippen LogP contribution < -0.4 is 5.32 Å². The summed E-state index contributed by atoms with van der Waals surface area (Å²) in [5.41, 5.74) is 4.70. The Balaban J connectivity index is 2.02. The molecule has 0 saturated heterocycles. The number of hydrogen-bond donors (Lipinski definition) is 1. The van der Waals surface area contributed by atoms with Gasteiger partial charge < -0.3 is 5.32 Å². The van der Waals surface area contributed by atoms with Crippen molar-refractivity contribution >= 4 is 0 Å². The van der Waals surface area contributed by atoms with Crippen molar-refractivity contribution in [2.45, 2.75) is 58.9 Å². The molecular weight excluding hydrogens is 218 g/mol. The number of hydrogen-bond acceptors (Lipinski definition) is 1. The first-order valence-electron chi connectivity index (χ1n) is 7.54. The van der Waals surface area contributed by atoms with Crippen LogP contribution in [0, 0.1) is 5.92 Å². The molecule has 1 aromatic rings. The van der Waals surface area contributed by atoms with Gasteiger partial charge in [-0.15, -0.1) is 0 Å². The third kappa shape index (κ3) is 3.35. The molecule has 1 N–H and O–H groups in total. The molecule has 0 amide bonds. The summed E-state index contributed by atoms with van der Waals surface area (Å²) in [4.78, 5) is 0. The van der Waals surface area contributed by atoms with E-state index in [0.717, 1.165) is 6.54 Å². The van der Waals surface area contributed by atoms with Gasteiger partial charge >= 0.3 is 0 Å². The first-order chi connectivity index (χ1) is 8.70. The fraction of sp³-hybridized carbons (Fsp3) is 0.647. The predicted molar refractivity (Wildman–Crippen MR) is 79.1 cm³/mol. The minimum absolute atomic E-state index is 0.615. The Morgan fingerprint density at radius 1 is 1.17 bits per heavy atom. The maximum atomic E-state index is 3.69. The molecule has 0 bridgehead atoms. The Hall–Kier alpha value is -0.820. The highest BCUT2D eigenvalue weighted by molar-refractivity contribution is 5.35. The molecule has 1 aliphatic carbocycles. The van der Waals surface area contributed by atoms with Crippen LogP contribution in [0.15, 0.2) is 18.2 Å². The van der Waals surface area contributed by atoms with Crippen LogP contribution in [0.4, 0.5) is 0 Å². The Morgan fingerprint density at radius 2 is 1.94 bits per heavy atom. The normalized spacial score (nSPS) is 16.0. The smallest absolute Gasteiger partial charge is 0.0130 e. The number of fused-ring (bicyclic) bond motifs is 1. The van der Waals surface area contributed by atoms with Crippen LogP contribution in [0.5, 0.6) is 0 Å². The van der Waals surface area contributed by atoms with Crippen molar-refractivity contribution in [1.82, 2.24) is 5.32 Å². The molecular formula is C17H27N. The highest BCUT2D eigenvalue weighted by Gasteiger charge is 2.15. The second-order valence-corrected chi connectivity index (χ2v) is 5.97. The van der Waals surface area contributed by atoms with Gasteiger partial charge in [-0.05, 0) is 61.3 Å². The molecule has 0 fully saturated rings. The van der Waals surface area contributed by atoms with E-state index in [-0.39, 0.29) is 0 Å². The molecule has 18 heavy (non-hydrogen) atoms. The number of nitrogens with one attached hydrogen (secondary N) is 1. The van der Waals surface area contributed by atoms with E-state index in [1.807, 2.05) is 0 Å². The van der Waals surface area contributed by atoms with Gasteiger partial charge in [-0.25, -0.2) is 0 Å². The molecule has 2 rings (SSSR count). The summed E-state index contributed by atoms with van der Waals surface area (Å²) < 4.78 is 0. The Morgan fingerprint density at radius 3 is 2.67 bits per heavy atom. The van der Waals surface area contributed by atoms with E-state index in [1.165, 1.54) is 37.7 Å². The van der Waals surface area contributed by atoms with E-state index >= 15 is 0 Å². The fourth-order valence-electron chi connectivity index (χ4n) is 2.88. The minimum Gasteiger partial charge on any atom is -0.313 e. The SMILES string of the molecule is CCCNC(Cc1ccc2c(c1)CCC2)C(C)C. The molecule has 1 unspecified atom stereocenters. The molecule has 1 nitrogen and oxygen atoms in total. The van der Waals surface area contributed by atoms with Gasteiger partial charge in [-0.1, -0.05) is 39.0 Å². The molecule has 0 saturated carbocycles. The van der Waals surface area contributed by atoms with Gasteiger partial charge in [0.2, 0.25) is 0 Å². The molecule has 1 aromatic carbocycles. The van der Waals surface area contributed by atoms with Crippen LogP contribution in [-0.4, -0.2) is 12.6 Å². The molecule has 0 aromatic heterocycles. The van der Waals surface area contributed by atoms with Crippen molar-refractivity contribution < 1.29 is 0 Å². The molecule has 1 atom stereocenters. The summed E-state index contributed by atoms with van der Waals surface area (Å²) in [6.07, 6.45) is 6.31. The van der Waals surface area contributed by atoms with Crippen molar-refractivity contribution in [2.75, 3.05) is 6.54 Å². The second kappa shape index (κ2) is 6.38. The molecule has 0 radical (unpaired) electrons. The zero-order chi connectivity index (χ0) is 13.0. The van der Waals surface area contributed by atoms with Gasteiger partial charge in [0.05, 0.1) is 0 Å². The lowest BCUT2D eigenvalue weighted by molar-refractivity contribution is 0.397. The lowest BCUT2D eigenvalue weighted by atomic mass is 9.94. The van der Waals surface area contributed by atoms with Gasteiger partial charge in [-0.2, -0.15) is 0 Å². The zero-order valence-corrected chi connectivity index (χ0v) is 12.1. The third-order valence-corrected chi connectivity index (χ3v) is 4.08. The number of benzene rings is 1. The van der Waals surface area contributed by atoms with E-state index in [9.17, 15) is 0 Å². The number of aryl methyl sites for hydroxylation is 2. The standard InChI is InChI=1S/C17H27N/c1-4-10-18-17(13(2)3)12-14-8-9-15-6-5-7-16(15)11-14/h8-9,11,13,17-18H,4-7,10,12H2,1-3H3. The van der Waals surface area contributed by atoms with Gasteiger partial charge in [0.15, 0.2) is 0 Å². The van der Waals surface area contributed by atoms with Crippen molar-refractivity contribution in [3.63, 3.8) is 0 Å². The Kier molecular flexibility index (Phi) is 4.82. The van der Waals surface area contributed by atoms with E-state index in [2.05, 4.69) is 44.3 Å². The molecule has 0 heterocycles. The van der Waals surface area contributed by atoms with Crippen LogP contribution in [0.3, 0.4) is 0 Å². The topological polar surface area (TPSA) is 12.0 Å². The first-order valence-corrected chi connectivity index (χ1v) is 7.54. The van der Waals surface area contributed by atoms with Gasteiger partial charge in [0, 0.05) is 6.04 Å². The van der Waals surface area contributed by atoms with E-state index in [4.69, 9.17) is 0 Å². The average Bonchev–Trinajstić information content (AvgIpc) is 2.81.